The highest BCUT2D eigenvalue weighted by atomic mass is 16.5. The average molecular weight is 271 g/mol. The second-order valence-corrected chi connectivity index (χ2v) is 7.33. The maximum atomic E-state index is 5.87. The molecule has 20 heavy (non-hydrogen) atoms. The third-order valence-corrected chi connectivity index (χ3v) is 5.45. The van der Waals surface area contributed by atoms with Gasteiger partial charge in [-0.2, -0.15) is 0 Å². The van der Waals surface area contributed by atoms with Crippen LogP contribution >= 0.6 is 0 Å². The topological polar surface area (TPSA) is 21.3 Å². The summed E-state index contributed by atoms with van der Waals surface area (Å²) >= 11 is 0. The van der Waals surface area contributed by atoms with E-state index in [-0.39, 0.29) is 0 Å². The van der Waals surface area contributed by atoms with Gasteiger partial charge >= 0.3 is 0 Å². The summed E-state index contributed by atoms with van der Waals surface area (Å²) in [7, 11) is 0. The lowest BCUT2D eigenvalue weighted by Crippen LogP contribution is -2.36. The minimum absolute atomic E-state index is 0.452. The summed E-state index contributed by atoms with van der Waals surface area (Å²) in [5.74, 6) is 2.64. The lowest BCUT2D eigenvalue weighted by Gasteiger charge is -2.32. The SMILES string of the molecule is CC(CNC1CC1)(CC1COc2ccccc21)C1CC1. The molecule has 0 spiro atoms. The van der Waals surface area contributed by atoms with E-state index < -0.39 is 0 Å². The summed E-state index contributed by atoms with van der Waals surface area (Å²) in [6.45, 7) is 4.58. The van der Waals surface area contributed by atoms with Crippen molar-refractivity contribution in [3.8, 4) is 5.75 Å². The number of nitrogens with one attached hydrogen (secondary N) is 1. The van der Waals surface area contributed by atoms with Crippen molar-refractivity contribution in [2.45, 2.75) is 51.0 Å². The molecule has 4 rings (SSSR count). The molecule has 0 radical (unpaired) electrons. The molecule has 1 aromatic carbocycles. The van der Waals surface area contributed by atoms with Crippen LogP contribution in [0.1, 0.15) is 50.5 Å². The number of hydrogen-bond acceptors (Lipinski definition) is 2. The molecule has 0 bridgehead atoms. The van der Waals surface area contributed by atoms with E-state index in [9.17, 15) is 0 Å². The summed E-state index contributed by atoms with van der Waals surface area (Å²) in [6, 6.07) is 9.43. The smallest absolute Gasteiger partial charge is 0.122 e. The molecular formula is C18H25NO. The quantitative estimate of drug-likeness (QED) is 0.851. The van der Waals surface area contributed by atoms with Gasteiger partial charge in [0.15, 0.2) is 0 Å². The zero-order valence-corrected chi connectivity index (χ0v) is 12.4. The first kappa shape index (κ1) is 12.7. The van der Waals surface area contributed by atoms with Crippen LogP contribution in [0.4, 0.5) is 0 Å². The molecule has 1 heterocycles. The summed E-state index contributed by atoms with van der Waals surface area (Å²) in [6.07, 6.45) is 6.90. The Hall–Kier alpha value is -1.02. The number of rotatable bonds is 6. The fourth-order valence-electron chi connectivity index (χ4n) is 3.79. The predicted molar refractivity (Wildman–Crippen MR) is 81.2 cm³/mol. The number of ether oxygens (including phenoxy) is 1. The van der Waals surface area contributed by atoms with Crippen LogP contribution in [0.5, 0.6) is 5.75 Å². The van der Waals surface area contributed by atoms with Gasteiger partial charge in [-0.3, -0.25) is 0 Å². The molecule has 0 saturated heterocycles. The molecule has 2 saturated carbocycles. The maximum absolute atomic E-state index is 5.87. The minimum atomic E-state index is 0.452. The maximum Gasteiger partial charge on any atom is 0.122 e. The Bertz CT molecular complexity index is 492. The van der Waals surface area contributed by atoms with Gasteiger partial charge in [-0.1, -0.05) is 25.1 Å². The van der Waals surface area contributed by atoms with Gasteiger partial charge in [0.05, 0.1) is 6.61 Å². The molecule has 3 aliphatic rings. The summed E-state index contributed by atoms with van der Waals surface area (Å²) in [4.78, 5) is 0. The number of hydrogen-bond donors (Lipinski definition) is 1. The zero-order valence-electron chi connectivity index (χ0n) is 12.4. The zero-order chi connectivity index (χ0) is 13.6. The van der Waals surface area contributed by atoms with E-state index in [0.29, 0.717) is 11.3 Å². The van der Waals surface area contributed by atoms with Gasteiger partial charge in [0.25, 0.3) is 0 Å². The fourth-order valence-corrected chi connectivity index (χ4v) is 3.79. The molecule has 2 aliphatic carbocycles. The van der Waals surface area contributed by atoms with Crippen molar-refractivity contribution in [2.75, 3.05) is 13.2 Å². The summed E-state index contributed by atoms with van der Waals surface area (Å²) < 4.78 is 5.87. The van der Waals surface area contributed by atoms with Crippen LogP contribution in [0, 0.1) is 11.3 Å². The monoisotopic (exact) mass is 271 g/mol. The van der Waals surface area contributed by atoms with Crippen molar-refractivity contribution in [2.24, 2.45) is 11.3 Å². The molecule has 1 aromatic rings. The van der Waals surface area contributed by atoms with E-state index in [1.807, 2.05) is 0 Å². The highest BCUT2D eigenvalue weighted by Crippen LogP contribution is 2.51. The highest BCUT2D eigenvalue weighted by Gasteiger charge is 2.44. The Morgan fingerprint density at radius 1 is 1.20 bits per heavy atom. The van der Waals surface area contributed by atoms with Gasteiger partial charge in [0.2, 0.25) is 0 Å². The van der Waals surface area contributed by atoms with Crippen molar-refractivity contribution in [1.82, 2.24) is 5.32 Å². The van der Waals surface area contributed by atoms with Crippen LogP contribution in [-0.4, -0.2) is 19.2 Å². The fraction of sp³-hybridized carbons (Fsp3) is 0.667. The van der Waals surface area contributed by atoms with E-state index in [4.69, 9.17) is 4.74 Å². The largest absolute Gasteiger partial charge is 0.493 e. The molecule has 0 amide bonds. The van der Waals surface area contributed by atoms with Gasteiger partial charge < -0.3 is 10.1 Å². The molecule has 0 aromatic heterocycles. The molecule has 1 N–H and O–H groups in total. The van der Waals surface area contributed by atoms with E-state index in [1.54, 1.807) is 0 Å². The second kappa shape index (κ2) is 4.77. The molecule has 1 aliphatic heterocycles. The third-order valence-electron chi connectivity index (χ3n) is 5.45. The normalized spacial score (nSPS) is 27.8. The Morgan fingerprint density at radius 2 is 2.00 bits per heavy atom. The Kier molecular flexibility index (Phi) is 3.03. The molecular weight excluding hydrogens is 246 g/mol. The highest BCUT2D eigenvalue weighted by molar-refractivity contribution is 5.39. The van der Waals surface area contributed by atoms with E-state index in [0.717, 1.165) is 24.3 Å². The van der Waals surface area contributed by atoms with Crippen LogP contribution in [-0.2, 0) is 0 Å². The van der Waals surface area contributed by atoms with Crippen LogP contribution < -0.4 is 10.1 Å². The molecule has 2 heteroatoms. The van der Waals surface area contributed by atoms with Gasteiger partial charge in [0, 0.05) is 24.1 Å². The van der Waals surface area contributed by atoms with Crippen molar-refractivity contribution in [3.63, 3.8) is 0 Å². The van der Waals surface area contributed by atoms with Crippen molar-refractivity contribution in [3.05, 3.63) is 29.8 Å². The minimum Gasteiger partial charge on any atom is -0.493 e. The van der Waals surface area contributed by atoms with Gasteiger partial charge in [-0.15, -0.1) is 0 Å². The molecule has 2 nitrogen and oxygen atoms in total. The van der Waals surface area contributed by atoms with Crippen LogP contribution in [0.15, 0.2) is 24.3 Å². The van der Waals surface area contributed by atoms with Crippen LogP contribution in [0.3, 0.4) is 0 Å². The average Bonchev–Trinajstić information content (AvgIpc) is 3.36. The summed E-state index contributed by atoms with van der Waals surface area (Å²) in [5.41, 5.74) is 1.89. The van der Waals surface area contributed by atoms with Gasteiger partial charge in [-0.25, -0.2) is 0 Å². The van der Waals surface area contributed by atoms with E-state index >= 15 is 0 Å². The third kappa shape index (κ3) is 2.46. The van der Waals surface area contributed by atoms with Gasteiger partial charge in [0.1, 0.15) is 5.75 Å². The molecule has 2 fully saturated rings. The standard InChI is InChI=1S/C18H25NO/c1-18(14-6-7-14,12-19-15-8-9-15)10-13-11-20-17-5-3-2-4-16(13)17/h2-5,13-15,19H,6-12H2,1H3. The van der Waals surface area contributed by atoms with E-state index in [2.05, 4.69) is 36.5 Å². The lowest BCUT2D eigenvalue weighted by molar-refractivity contribution is 0.200. The first-order valence-corrected chi connectivity index (χ1v) is 8.20. The van der Waals surface area contributed by atoms with Crippen molar-refractivity contribution >= 4 is 0 Å². The first-order valence-electron chi connectivity index (χ1n) is 8.20. The number of para-hydroxylation sites is 1. The molecule has 108 valence electrons. The van der Waals surface area contributed by atoms with Crippen LogP contribution in [0.25, 0.3) is 0 Å². The Labute approximate surface area is 121 Å². The van der Waals surface area contributed by atoms with Gasteiger partial charge in [-0.05, 0) is 49.5 Å². The Balaban J connectivity index is 1.47. The second-order valence-electron chi connectivity index (χ2n) is 7.33. The molecule has 2 unspecified atom stereocenters. The molecule has 2 atom stereocenters. The van der Waals surface area contributed by atoms with Crippen molar-refractivity contribution in [1.29, 1.82) is 0 Å². The first-order chi connectivity index (χ1) is 9.74. The summed E-state index contributed by atoms with van der Waals surface area (Å²) in [5, 5.41) is 3.78. The number of benzene rings is 1. The predicted octanol–water partition coefficient (Wildman–Crippen LogP) is 3.72. The van der Waals surface area contributed by atoms with Crippen molar-refractivity contribution < 1.29 is 4.74 Å². The number of fused-ring (bicyclic) bond motifs is 1. The Morgan fingerprint density at radius 3 is 2.75 bits per heavy atom. The van der Waals surface area contributed by atoms with E-state index in [1.165, 1.54) is 44.2 Å². The lowest BCUT2D eigenvalue weighted by atomic mass is 9.75. The van der Waals surface area contributed by atoms with Crippen LogP contribution in [0.2, 0.25) is 0 Å².